The largest absolute Gasteiger partial charge is 0.472 e. The van der Waals surface area contributed by atoms with Gasteiger partial charge in [-0.2, -0.15) is 0 Å². The van der Waals surface area contributed by atoms with Crippen molar-refractivity contribution in [2.24, 2.45) is 5.73 Å². The van der Waals surface area contributed by atoms with E-state index < -0.39 is 26.5 Å². The second kappa shape index (κ2) is 53.3. The number of carbonyl (C=O) groups excluding carboxylic acids is 2. The highest BCUT2D eigenvalue weighted by Gasteiger charge is 2.26. The zero-order chi connectivity index (χ0) is 48.8. The molecule has 0 radical (unpaired) electrons. The molecule has 0 heterocycles. The number of nitrogens with two attached hydrogens (primary N) is 1. The predicted octanol–water partition coefficient (Wildman–Crippen LogP) is 17.4. The van der Waals surface area contributed by atoms with E-state index in [0.717, 1.165) is 57.8 Å². The molecule has 0 saturated heterocycles. The number of ether oxygens (including phenoxy) is 2. The molecule has 0 aliphatic heterocycles. The van der Waals surface area contributed by atoms with E-state index in [-0.39, 0.29) is 38.6 Å². The van der Waals surface area contributed by atoms with Gasteiger partial charge in [0.2, 0.25) is 0 Å². The summed E-state index contributed by atoms with van der Waals surface area (Å²) in [6.45, 7) is 3.75. The molecule has 392 valence electrons. The van der Waals surface area contributed by atoms with Crippen LogP contribution in [0.1, 0.15) is 271 Å². The second-order valence-corrected chi connectivity index (χ2v) is 20.3. The van der Waals surface area contributed by atoms with Crippen LogP contribution in [0.25, 0.3) is 0 Å². The van der Waals surface area contributed by atoms with Gasteiger partial charge in [0.25, 0.3) is 0 Å². The van der Waals surface area contributed by atoms with Gasteiger partial charge in [0, 0.05) is 19.4 Å². The number of phosphoric acid groups is 1. The summed E-state index contributed by atoms with van der Waals surface area (Å²) in [5, 5.41) is 0. The molecule has 0 aromatic rings. The first-order chi connectivity index (χ1) is 32.8. The van der Waals surface area contributed by atoms with Gasteiger partial charge in [0.1, 0.15) is 6.61 Å². The highest BCUT2D eigenvalue weighted by molar-refractivity contribution is 7.47. The molecule has 0 fully saturated rings. The fraction of sp³-hybridized carbons (Fsp3) is 0.825. The molecular formula is C57H106NO8P. The minimum Gasteiger partial charge on any atom is -0.462 e. The van der Waals surface area contributed by atoms with E-state index in [4.69, 9.17) is 24.3 Å². The molecule has 0 spiro atoms. The minimum absolute atomic E-state index is 0.0513. The molecule has 0 aliphatic rings. The number of hydrogen-bond acceptors (Lipinski definition) is 8. The van der Waals surface area contributed by atoms with Crippen LogP contribution < -0.4 is 5.73 Å². The van der Waals surface area contributed by atoms with Gasteiger partial charge in [-0.3, -0.25) is 18.6 Å². The summed E-state index contributed by atoms with van der Waals surface area (Å²) in [5.41, 5.74) is 5.38. The summed E-state index contributed by atoms with van der Waals surface area (Å²) >= 11 is 0. The number of rotatable bonds is 53. The Bertz CT molecular complexity index is 1240. The Labute approximate surface area is 413 Å². The predicted molar refractivity (Wildman–Crippen MR) is 284 cm³/mol. The number of unbranched alkanes of at least 4 members (excludes halogenated alkanes) is 32. The second-order valence-electron chi connectivity index (χ2n) is 18.8. The van der Waals surface area contributed by atoms with Crippen LogP contribution in [0.4, 0.5) is 0 Å². The molecule has 0 saturated carbocycles. The first kappa shape index (κ1) is 65.0. The lowest BCUT2D eigenvalue weighted by atomic mass is 10.0. The van der Waals surface area contributed by atoms with Gasteiger partial charge >= 0.3 is 19.8 Å². The Morgan fingerprint density at radius 3 is 1.16 bits per heavy atom. The molecule has 0 amide bonds. The molecule has 0 aliphatic carbocycles. The Morgan fingerprint density at radius 1 is 0.448 bits per heavy atom. The summed E-state index contributed by atoms with van der Waals surface area (Å²) in [6.07, 6.45) is 64.4. The van der Waals surface area contributed by atoms with Gasteiger partial charge in [-0.1, -0.05) is 229 Å². The molecule has 67 heavy (non-hydrogen) atoms. The molecule has 2 unspecified atom stereocenters. The number of allylic oxidation sites excluding steroid dienone is 8. The van der Waals surface area contributed by atoms with Crippen molar-refractivity contribution in [1.29, 1.82) is 0 Å². The quantitative estimate of drug-likeness (QED) is 0.0264. The van der Waals surface area contributed by atoms with Gasteiger partial charge in [-0.25, -0.2) is 4.57 Å². The van der Waals surface area contributed by atoms with E-state index >= 15 is 0 Å². The molecule has 0 bridgehead atoms. The molecule has 10 heteroatoms. The summed E-state index contributed by atoms with van der Waals surface area (Å²) < 4.78 is 33.0. The highest BCUT2D eigenvalue weighted by Crippen LogP contribution is 2.43. The summed E-state index contributed by atoms with van der Waals surface area (Å²) in [6, 6.07) is 0. The van der Waals surface area contributed by atoms with E-state index in [1.54, 1.807) is 0 Å². The summed E-state index contributed by atoms with van der Waals surface area (Å²) in [5.74, 6) is -0.829. The fourth-order valence-electron chi connectivity index (χ4n) is 7.99. The Kier molecular flexibility index (Phi) is 51.7. The topological polar surface area (TPSA) is 134 Å². The van der Waals surface area contributed by atoms with E-state index in [2.05, 4.69) is 62.5 Å². The highest BCUT2D eigenvalue weighted by atomic mass is 31.2. The molecular weight excluding hydrogens is 858 g/mol. The third kappa shape index (κ3) is 53.2. The first-order valence-corrected chi connectivity index (χ1v) is 29.6. The van der Waals surface area contributed by atoms with Gasteiger partial charge < -0.3 is 20.1 Å². The molecule has 0 aromatic carbocycles. The Balaban J connectivity index is 4.01. The van der Waals surface area contributed by atoms with Crippen LogP contribution in [0.2, 0.25) is 0 Å². The lowest BCUT2D eigenvalue weighted by molar-refractivity contribution is -0.161. The average Bonchev–Trinajstić information content (AvgIpc) is 3.32. The zero-order valence-corrected chi connectivity index (χ0v) is 44.5. The lowest BCUT2D eigenvalue weighted by Crippen LogP contribution is -2.29. The van der Waals surface area contributed by atoms with E-state index in [9.17, 15) is 19.0 Å². The molecule has 9 nitrogen and oxygen atoms in total. The molecule has 0 aromatic heterocycles. The van der Waals surface area contributed by atoms with Crippen molar-refractivity contribution < 1.29 is 37.6 Å². The van der Waals surface area contributed by atoms with Crippen LogP contribution in [-0.4, -0.2) is 49.3 Å². The maximum atomic E-state index is 12.7. The van der Waals surface area contributed by atoms with Gasteiger partial charge in [0.15, 0.2) is 6.10 Å². The number of carbonyl (C=O) groups is 2. The molecule has 0 rings (SSSR count). The van der Waals surface area contributed by atoms with Crippen LogP contribution in [0.5, 0.6) is 0 Å². The van der Waals surface area contributed by atoms with Crippen LogP contribution in [0, 0.1) is 0 Å². The molecule has 3 N–H and O–H groups in total. The van der Waals surface area contributed by atoms with E-state index in [1.165, 1.54) is 180 Å². The van der Waals surface area contributed by atoms with Crippen LogP contribution in [0.15, 0.2) is 48.6 Å². The third-order valence-electron chi connectivity index (χ3n) is 12.2. The van der Waals surface area contributed by atoms with Crippen LogP contribution >= 0.6 is 7.82 Å². The standard InChI is InChI=1S/C57H106NO8P/c1-3-5-7-9-11-13-15-17-19-21-23-25-27-29-31-33-35-37-39-41-43-45-47-49-56(59)63-53-55(54-65-67(61,62)64-52-51-58)66-57(60)50-48-46-44-42-40-38-36-34-32-30-28-26-24-22-20-18-16-14-12-10-8-6-4-2/h16,18,21-24,28,30,55H,3-15,17,19-20,25-27,29,31-54,58H2,1-2H3,(H,61,62)/b18-16-,23-21-,24-22-,30-28-. The van der Waals surface area contributed by atoms with Crippen LogP contribution in [-0.2, 0) is 32.7 Å². The third-order valence-corrected chi connectivity index (χ3v) is 13.2. The van der Waals surface area contributed by atoms with Gasteiger partial charge in [0.05, 0.1) is 13.2 Å². The van der Waals surface area contributed by atoms with E-state index in [1.807, 2.05) is 0 Å². The van der Waals surface area contributed by atoms with Gasteiger partial charge in [-0.05, 0) is 77.0 Å². The van der Waals surface area contributed by atoms with Crippen molar-refractivity contribution in [2.45, 2.75) is 277 Å². The smallest absolute Gasteiger partial charge is 0.462 e. The fourth-order valence-corrected chi connectivity index (χ4v) is 8.76. The van der Waals surface area contributed by atoms with E-state index in [0.29, 0.717) is 6.42 Å². The van der Waals surface area contributed by atoms with Crippen molar-refractivity contribution in [2.75, 3.05) is 26.4 Å². The van der Waals surface area contributed by atoms with Crippen molar-refractivity contribution in [3.63, 3.8) is 0 Å². The number of phosphoric ester groups is 1. The summed E-state index contributed by atoms with van der Waals surface area (Å²) in [4.78, 5) is 35.2. The average molecular weight is 964 g/mol. The SMILES string of the molecule is CCCCCCC/C=C\C/C=C\C/C=C\CCCCCCCCCCC(=O)OC(COC(=O)CCCCCCCCCCCCC/C=C\CCCCCCCCCC)COP(=O)(O)OCCN. The van der Waals surface area contributed by atoms with Crippen molar-refractivity contribution >= 4 is 19.8 Å². The van der Waals surface area contributed by atoms with Crippen molar-refractivity contribution in [1.82, 2.24) is 0 Å². The molecule has 2 atom stereocenters. The summed E-state index contributed by atoms with van der Waals surface area (Å²) in [7, 11) is -4.39. The lowest BCUT2D eigenvalue weighted by Gasteiger charge is -2.19. The van der Waals surface area contributed by atoms with Gasteiger partial charge in [-0.15, -0.1) is 0 Å². The minimum atomic E-state index is -4.39. The maximum Gasteiger partial charge on any atom is 0.472 e. The number of esters is 2. The monoisotopic (exact) mass is 964 g/mol. The Hall–Kier alpha value is -2.03. The maximum absolute atomic E-state index is 12.7. The normalized spacial score (nSPS) is 13.4. The Morgan fingerprint density at radius 2 is 0.776 bits per heavy atom. The van der Waals surface area contributed by atoms with Crippen molar-refractivity contribution in [3.05, 3.63) is 48.6 Å². The van der Waals surface area contributed by atoms with Crippen LogP contribution in [0.3, 0.4) is 0 Å². The number of hydrogen-bond donors (Lipinski definition) is 2. The van der Waals surface area contributed by atoms with Crippen molar-refractivity contribution in [3.8, 4) is 0 Å². The zero-order valence-electron chi connectivity index (χ0n) is 43.6. The first-order valence-electron chi connectivity index (χ1n) is 28.1.